The normalized spacial score (nSPS) is 9.45. The van der Waals surface area contributed by atoms with Gasteiger partial charge in [-0.05, 0) is 0 Å². The number of rotatable bonds is 1. The van der Waals surface area contributed by atoms with Gasteiger partial charge in [-0.2, -0.15) is 0 Å². The van der Waals surface area contributed by atoms with Gasteiger partial charge in [0.25, 0.3) is 0 Å². The van der Waals surface area contributed by atoms with Crippen LogP contribution < -0.4 is 5.73 Å². The summed E-state index contributed by atoms with van der Waals surface area (Å²) >= 11 is 0. The molecule has 11 heavy (non-hydrogen) atoms. The standard InChI is InChI=1S/CH4NO4P.HO3P/c2-1(3)7(4,5)6;1-4(2)3/h(H2,2,3)(H2,4,5,6);(H-,1,2,3)/p+1. The van der Waals surface area contributed by atoms with Gasteiger partial charge in [0.2, 0.25) is 0 Å². The van der Waals surface area contributed by atoms with E-state index in [1.165, 1.54) is 0 Å². The molecule has 10 heteroatoms. The van der Waals surface area contributed by atoms with E-state index in [1.807, 2.05) is 0 Å². The summed E-state index contributed by atoms with van der Waals surface area (Å²) in [5.74, 6) is 0. The van der Waals surface area contributed by atoms with Crippen LogP contribution >= 0.6 is 15.9 Å². The van der Waals surface area contributed by atoms with E-state index in [1.54, 1.807) is 0 Å². The third-order valence-electron chi connectivity index (χ3n) is 0.287. The minimum Gasteiger partial charge on any atom is -0.359 e. The van der Waals surface area contributed by atoms with Gasteiger partial charge in [0.1, 0.15) is 0 Å². The van der Waals surface area contributed by atoms with Crippen LogP contribution in [0.1, 0.15) is 0 Å². The predicted molar refractivity (Wildman–Crippen MR) is 33.7 cm³/mol. The molecule has 6 N–H and O–H groups in total. The highest BCUT2D eigenvalue weighted by Gasteiger charge is 2.20. The van der Waals surface area contributed by atoms with E-state index in [2.05, 4.69) is 5.73 Å². The zero-order valence-electron chi connectivity index (χ0n) is 4.99. The number of hydrogen-bond donors (Lipinski definition) is 5. The minimum absolute atomic E-state index is 1.59. The number of amides is 1. The van der Waals surface area contributed by atoms with Crippen molar-refractivity contribution < 1.29 is 33.5 Å². The maximum absolute atomic E-state index is 9.55. The summed E-state index contributed by atoms with van der Waals surface area (Å²) in [7, 11) is -7.47. The second kappa shape index (κ2) is 5.31. The average Bonchev–Trinajstić information content (AvgIpc) is 1.59. The molecule has 0 unspecified atom stereocenters. The highest BCUT2D eigenvalue weighted by Crippen LogP contribution is 2.33. The van der Waals surface area contributed by atoms with Crippen molar-refractivity contribution in [3.05, 3.63) is 0 Å². The number of hydrogen-bond acceptors (Lipinski definition) is 3. The molecule has 66 valence electrons. The maximum Gasteiger partial charge on any atom is 0.692 e. The average molecular weight is 206 g/mol. The van der Waals surface area contributed by atoms with E-state index in [4.69, 9.17) is 24.1 Å². The van der Waals surface area contributed by atoms with Gasteiger partial charge in [-0.1, -0.05) is 0 Å². The van der Waals surface area contributed by atoms with Crippen LogP contribution in [0.25, 0.3) is 0 Å². The molecule has 0 aliphatic heterocycles. The van der Waals surface area contributed by atoms with Gasteiger partial charge >= 0.3 is 21.5 Å². The van der Waals surface area contributed by atoms with E-state index < -0.39 is 21.5 Å². The van der Waals surface area contributed by atoms with Crippen molar-refractivity contribution in [2.45, 2.75) is 0 Å². The van der Waals surface area contributed by atoms with Gasteiger partial charge in [0.05, 0.1) is 0 Å². The van der Waals surface area contributed by atoms with Crippen molar-refractivity contribution in [3.8, 4) is 0 Å². The Labute approximate surface area is 61.8 Å². The second-order valence-electron chi connectivity index (χ2n) is 1.14. The predicted octanol–water partition coefficient (Wildman–Crippen LogP) is -1.13. The lowest BCUT2D eigenvalue weighted by atomic mass is 11.5. The van der Waals surface area contributed by atoms with Gasteiger partial charge in [-0.3, -0.25) is 4.79 Å². The van der Waals surface area contributed by atoms with Crippen LogP contribution in [0.5, 0.6) is 0 Å². The lowest BCUT2D eigenvalue weighted by molar-refractivity contribution is 0.255. The first kappa shape index (κ1) is 13.2. The number of carbonyl (C=O) groups excluding carboxylic acids is 1. The van der Waals surface area contributed by atoms with Gasteiger partial charge in [-0.15, -0.1) is 9.79 Å². The molecule has 0 saturated heterocycles. The Bertz CT molecular complexity index is 189. The highest BCUT2D eigenvalue weighted by atomic mass is 31.2. The van der Waals surface area contributed by atoms with Gasteiger partial charge in [-0.25, -0.2) is 4.57 Å². The Kier molecular flexibility index (Phi) is 6.40. The molecule has 8 nitrogen and oxygen atoms in total. The summed E-state index contributed by atoms with van der Waals surface area (Å²) in [6.07, 6.45) is 0. The van der Waals surface area contributed by atoms with Gasteiger partial charge in [0, 0.05) is 4.57 Å². The van der Waals surface area contributed by atoms with Crippen LogP contribution in [0, 0.1) is 0 Å². The first-order chi connectivity index (χ1) is 4.68. The Morgan fingerprint density at radius 1 is 1.36 bits per heavy atom. The zero-order chi connectivity index (χ0) is 9.65. The smallest absolute Gasteiger partial charge is 0.359 e. The highest BCUT2D eigenvalue weighted by molar-refractivity contribution is 7.69. The fraction of sp³-hybridized carbons (Fsp3) is 0. The molecule has 1 amide bonds. The van der Waals surface area contributed by atoms with Crippen LogP contribution in [-0.4, -0.2) is 25.2 Å². The van der Waals surface area contributed by atoms with Crippen molar-refractivity contribution in [1.29, 1.82) is 0 Å². The largest absolute Gasteiger partial charge is 0.692 e. The Morgan fingerprint density at radius 2 is 1.45 bits per heavy atom. The molecule has 0 radical (unpaired) electrons. The van der Waals surface area contributed by atoms with Crippen molar-refractivity contribution >= 4 is 21.5 Å². The monoisotopic (exact) mass is 206 g/mol. The fourth-order valence-corrected chi connectivity index (χ4v) is 0. The van der Waals surface area contributed by atoms with Crippen LogP contribution in [0.2, 0.25) is 0 Å². The zero-order valence-corrected chi connectivity index (χ0v) is 6.77. The molecule has 0 fully saturated rings. The summed E-state index contributed by atoms with van der Waals surface area (Å²) in [6, 6.07) is 0. The van der Waals surface area contributed by atoms with Crippen LogP contribution in [0.4, 0.5) is 4.79 Å². The van der Waals surface area contributed by atoms with Gasteiger partial charge in [0.15, 0.2) is 0 Å². The first-order valence-electron chi connectivity index (χ1n) is 1.88. The fourth-order valence-electron chi connectivity index (χ4n) is 0. The van der Waals surface area contributed by atoms with E-state index in [9.17, 15) is 9.36 Å². The molecular weight excluding hydrogens is 200 g/mol. The molecule has 0 aromatic rings. The summed E-state index contributed by atoms with van der Waals surface area (Å²) in [5, 5.41) is 0. The molecule has 0 aromatic heterocycles. The molecule has 0 aliphatic rings. The molecule has 0 spiro atoms. The Morgan fingerprint density at radius 3 is 1.45 bits per heavy atom. The van der Waals surface area contributed by atoms with Crippen LogP contribution in [0.3, 0.4) is 0 Å². The summed E-state index contributed by atoms with van der Waals surface area (Å²) in [6.45, 7) is 0. The third kappa shape index (κ3) is 17.7. The van der Waals surface area contributed by atoms with E-state index >= 15 is 0 Å². The molecule has 0 atom stereocenters. The molecule has 0 saturated carbocycles. The molecule has 0 heterocycles. The lowest BCUT2D eigenvalue weighted by Crippen LogP contribution is -2.07. The van der Waals surface area contributed by atoms with E-state index in [-0.39, 0.29) is 0 Å². The Balaban J connectivity index is 0. The molecular formula is CH6NO7P2+. The molecule has 0 aromatic carbocycles. The molecule has 0 aliphatic carbocycles. The molecule has 0 bridgehead atoms. The summed E-state index contributed by atoms with van der Waals surface area (Å²) < 4.78 is 18.3. The SMILES string of the molecule is NC(=O)P(=O)(O)O.O=[P+](O)O. The molecule has 0 rings (SSSR count). The van der Waals surface area contributed by atoms with Crippen molar-refractivity contribution in [2.24, 2.45) is 5.73 Å². The van der Waals surface area contributed by atoms with E-state index in [0.29, 0.717) is 0 Å². The van der Waals surface area contributed by atoms with Crippen molar-refractivity contribution in [2.75, 3.05) is 0 Å². The van der Waals surface area contributed by atoms with Crippen molar-refractivity contribution in [1.82, 2.24) is 0 Å². The third-order valence-corrected chi connectivity index (χ3v) is 0.861. The topological polar surface area (TPSA) is 158 Å². The van der Waals surface area contributed by atoms with Gasteiger partial charge < -0.3 is 15.5 Å². The number of carbonyl (C=O) groups is 1. The minimum atomic E-state index is -4.60. The quantitative estimate of drug-likeness (QED) is 0.339. The number of primary amides is 1. The second-order valence-corrected chi connectivity index (χ2v) is 3.17. The lowest BCUT2D eigenvalue weighted by Gasteiger charge is -1.91. The Hall–Kier alpha value is -0.360. The first-order valence-corrected chi connectivity index (χ1v) is 4.66. The summed E-state index contributed by atoms with van der Waals surface area (Å²) in [5.41, 5.74) is 2.58. The number of nitrogens with two attached hydrogens (primary N) is 1. The van der Waals surface area contributed by atoms with Crippen molar-refractivity contribution in [3.63, 3.8) is 0 Å². The van der Waals surface area contributed by atoms with Crippen LogP contribution in [-0.2, 0) is 9.13 Å². The van der Waals surface area contributed by atoms with E-state index in [0.717, 1.165) is 0 Å². The maximum atomic E-state index is 9.55. The van der Waals surface area contributed by atoms with Crippen LogP contribution in [0.15, 0.2) is 0 Å². The summed E-state index contributed by atoms with van der Waals surface area (Å²) in [4.78, 5) is 39.2.